The number of hydrogen-bond donors (Lipinski definition) is 1. The van der Waals surface area contributed by atoms with Crippen molar-refractivity contribution in [1.82, 2.24) is 0 Å². The average molecular weight is 428 g/mol. The van der Waals surface area contributed by atoms with E-state index in [0.29, 0.717) is 10.9 Å². The largest absolute Gasteiger partial charge is 0.573 e. The second-order valence-electron chi connectivity index (χ2n) is 5.94. The van der Waals surface area contributed by atoms with Gasteiger partial charge in [0.1, 0.15) is 17.1 Å². The maximum atomic E-state index is 12.1. The number of anilines is 1. The van der Waals surface area contributed by atoms with Crippen molar-refractivity contribution in [2.24, 2.45) is 0 Å². The Morgan fingerprint density at radius 1 is 1.17 bits per heavy atom. The van der Waals surface area contributed by atoms with E-state index >= 15 is 0 Å². The number of rotatable bonds is 5. The van der Waals surface area contributed by atoms with Crippen LogP contribution in [-0.2, 0) is 4.79 Å². The van der Waals surface area contributed by atoms with E-state index in [-0.39, 0.29) is 22.0 Å². The minimum atomic E-state index is -4.80. The Morgan fingerprint density at radius 2 is 1.86 bits per heavy atom. The standard InChI is InChI=1S/C19H13ClF3NO5/c1-10-6-18(26)28-15-8-16(14(20)7-13(10)15)27-9-17(25)24-11-2-4-12(5-3-11)29-19(21,22)23/h2-8H,9H2,1H3,(H,24,25). The maximum Gasteiger partial charge on any atom is 0.573 e. The lowest BCUT2D eigenvalue weighted by molar-refractivity contribution is -0.274. The van der Waals surface area contributed by atoms with E-state index in [1.54, 1.807) is 13.0 Å². The number of hydrogen-bond acceptors (Lipinski definition) is 5. The minimum absolute atomic E-state index is 0.136. The molecule has 0 aliphatic carbocycles. The van der Waals surface area contributed by atoms with Crippen molar-refractivity contribution < 1.29 is 31.9 Å². The van der Waals surface area contributed by atoms with E-state index in [1.807, 2.05) is 0 Å². The first kappa shape index (κ1) is 20.5. The smallest absolute Gasteiger partial charge is 0.482 e. The van der Waals surface area contributed by atoms with Crippen LogP contribution >= 0.6 is 11.6 Å². The van der Waals surface area contributed by atoms with E-state index in [1.165, 1.54) is 24.3 Å². The highest BCUT2D eigenvalue weighted by Crippen LogP contribution is 2.31. The Balaban J connectivity index is 1.65. The van der Waals surface area contributed by atoms with E-state index in [4.69, 9.17) is 20.8 Å². The Morgan fingerprint density at radius 3 is 2.52 bits per heavy atom. The molecule has 29 heavy (non-hydrogen) atoms. The van der Waals surface area contributed by atoms with Crippen molar-refractivity contribution in [2.45, 2.75) is 13.3 Å². The molecule has 0 radical (unpaired) electrons. The highest BCUT2D eigenvalue weighted by Gasteiger charge is 2.30. The van der Waals surface area contributed by atoms with Crippen molar-refractivity contribution in [3.63, 3.8) is 0 Å². The number of halogens is 4. The molecule has 0 spiro atoms. The quantitative estimate of drug-likeness (QED) is 0.599. The summed E-state index contributed by atoms with van der Waals surface area (Å²) in [5.74, 6) is -0.847. The zero-order valence-electron chi connectivity index (χ0n) is 14.8. The predicted molar refractivity (Wildman–Crippen MR) is 99.5 cm³/mol. The van der Waals surface area contributed by atoms with Crippen molar-refractivity contribution in [2.75, 3.05) is 11.9 Å². The predicted octanol–water partition coefficient (Wildman–Crippen LogP) is 4.67. The first-order valence-electron chi connectivity index (χ1n) is 8.13. The first-order valence-corrected chi connectivity index (χ1v) is 8.51. The fourth-order valence-electron chi connectivity index (χ4n) is 2.51. The highest BCUT2D eigenvalue weighted by molar-refractivity contribution is 6.32. The molecule has 1 amide bonds. The third kappa shape index (κ3) is 5.41. The first-order chi connectivity index (χ1) is 13.6. The lowest BCUT2D eigenvalue weighted by Crippen LogP contribution is -2.20. The fourth-order valence-corrected chi connectivity index (χ4v) is 2.73. The van der Waals surface area contributed by atoms with Crippen LogP contribution in [0.1, 0.15) is 5.56 Å². The molecule has 1 aromatic heterocycles. The third-order valence-corrected chi connectivity index (χ3v) is 4.03. The molecule has 0 atom stereocenters. The lowest BCUT2D eigenvalue weighted by Gasteiger charge is -2.11. The SMILES string of the molecule is Cc1cc(=O)oc2cc(OCC(=O)Nc3ccc(OC(F)(F)F)cc3)c(Cl)cc12. The monoisotopic (exact) mass is 427 g/mol. The number of aryl methyl sites for hydroxylation is 1. The van der Waals surface area contributed by atoms with Gasteiger partial charge in [0.15, 0.2) is 6.61 Å². The van der Waals surface area contributed by atoms with Crippen molar-refractivity contribution in [1.29, 1.82) is 0 Å². The average Bonchev–Trinajstić information content (AvgIpc) is 2.61. The van der Waals surface area contributed by atoms with Gasteiger partial charge in [-0.05, 0) is 42.8 Å². The summed E-state index contributed by atoms with van der Waals surface area (Å²) >= 11 is 6.15. The van der Waals surface area contributed by atoms with Crippen LogP contribution in [-0.4, -0.2) is 18.9 Å². The van der Waals surface area contributed by atoms with Crippen LogP contribution in [0.2, 0.25) is 5.02 Å². The van der Waals surface area contributed by atoms with Crippen LogP contribution in [0, 0.1) is 6.92 Å². The second kappa shape index (κ2) is 8.04. The van der Waals surface area contributed by atoms with Gasteiger partial charge >= 0.3 is 12.0 Å². The topological polar surface area (TPSA) is 77.8 Å². The van der Waals surface area contributed by atoms with Crippen molar-refractivity contribution >= 4 is 34.2 Å². The van der Waals surface area contributed by atoms with Crippen LogP contribution in [0.25, 0.3) is 11.0 Å². The van der Waals surface area contributed by atoms with Gasteiger partial charge in [0.2, 0.25) is 0 Å². The molecule has 3 rings (SSSR count). The molecular weight excluding hydrogens is 415 g/mol. The molecule has 6 nitrogen and oxygen atoms in total. The number of fused-ring (bicyclic) bond motifs is 1. The van der Waals surface area contributed by atoms with E-state index in [9.17, 15) is 22.8 Å². The van der Waals surface area contributed by atoms with E-state index < -0.39 is 30.3 Å². The molecule has 2 aromatic carbocycles. The number of carbonyl (C=O) groups excluding carboxylic acids is 1. The van der Waals surface area contributed by atoms with Gasteiger partial charge in [-0.15, -0.1) is 13.2 Å². The minimum Gasteiger partial charge on any atom is -0.482 e. The van der Waals surface area contributed by atoms with Crippen LogP contribution in [0.15, 0.2) is 51.7 Å². The summed E-state index contributed by atoms with van der Waals surface area (Å²) < 4.78 is 50.7. The number of amides is 1. The summed E-state index contributed by atoms with van der Waals surface area (Å²) in [4.78, 5) is 23.5. The third-order valence-electron chi connectivity index (χ3n) is 3.73. The molecule has 0 fully saturated rings. The molecule has 0 saturated carbocycles. The molecule has 0 aliphatic heterocycles. The van der Waals surface area contributed by atoms with Gasteiger partial charge < -0.3 is 19.2 Å². The van der Waals surface area contributed by atoms with E-state index in [0.717, 1.165) is 12.1 Å². The molecule has 10 heteroatoms. The lowest BCUT2D eigenvalue weighted by atomic mass is 10.1. The fraction of sp³-hybridized carbons (Fsp3) is 0.158. The number of carbonyl (C=O) groups is 1. The molecule has 152 valence electrons. The molecule has 0 aliphatic rings. The summed E-state index contributed by atoms with van der Waals surface area (Å²) in [6, 6.07) is 8.92. The summed E-state index contributed by atoms with van der Waals surface area (Å²) in [6.45, 7) is 1.30. The second-order valence-corrected chi connectivity index (χ2v) is 6.34. The summed E-state index contributed by atoms with van der Waals surface area (Å²) in [7, 11) is 0. The highest BCUT2D eigenvalue weighted by atomic mass is 35.5. The van der Waals surface area contributed by atoms with Gasteiger partial charge in [0, 0.05) is 23.2 Å². The van der Waals surface area contributed by atoms with Gasteiger partial charge in [-0.1, -0.05) is 11.6 Å². The summed E-state index contributed by atoms with van der Waals surface area (Å²) in [6.07, 6.45) is -4.80. The number of nitrogens with one attached hydrogen (secondary N) is 1. The normalized spacial score (nSPS) is 11.3. The van der Waals surface area contributed by atoms with Crippen LogP contribution < -0.4 is 20.4 Å². The van der Waals surface area contributed by atoms with Gasteiger partial charge in [-0.3, -0.25) is 4.79 Å². The Kier molecular flexibility index (Phi) is 5.69. The van der Waals surface area contributed by atoms with Gasteiger partial charge in [-0.25, -0.2) is 4.79 Å². The molecule has 0 unspecified atom stereocenters. The van der Waals surface area contributed by atoms with Gasteiger partial charge in [-0.2, -0.15) is 0 Å². The van der Waals surface area contributed by atoms with Crippen LogP contribution in [0.3, 0.4) is 0 Å². The Bertz CT molecular complexity index is 1110. The van der Waals surface area contributed by atoms with E-state index in [2.05, 4.69) is 10.1 Å². The molecule has 1 heterocycles. The molecule has 1 N–H and O–H groups in total. The Hall–Kier alpha value is -3.20. The van der Waals surface area contributed by atoms with Gasteiger partial charge in [0.25, 0.3) is 5.91 Å². The zero-order chi connectivity index (χ0) is 21.2. The van der Waals surface area contributed by atoms with Crippen LogP contribution in [0.5, 0.6) is 11.5 Å². The zero-order valence-corrected chi connectivity index (χ0v) is 15.6. The summed E-state index contributed by atoms with van der Waals surface area (Å²) in [5.41, 5.74) is 0.661. The van der Waals surface area contributed by atoms with Crippen molar-refractivity contribution in [3.05, 3.63) is 63.5 Å². The summed E-state index contributed by atoms with van der Waals surface area (Å²) in [5, 5.41) is 3.31. The number of benzene rings is 2. The molecular formula is C19H13ClF3NO5. The van der Waals surface area contributed by atoms with Crippen molar-refractivity contribution in [3.8, 4) is 11.5 Å². The molecule has 3 aromatic rings. The maximum absolute atomic E-state index is 12.1. The molecule has 0 bridgehead atoms. The molecule has 0 saturated heterocycles. The number of alkyl halides is 3. The van der Waals surface area contributed by atoms with Crippen LogP contribution in [0.4, 0.5) is 18.9 Å². The number of ether oxygens (including phenoxy) is 2. The Labute approximate surface area is 166 Å². The van der Waals surface area contributed by atoms with Gasteiger partial charge in [0.05, 0.1) is 5.02 Å².